The lowest BCUT2D eigenvalue weighted by molar-refractivity contribution is -0.181. The van der Waals surface area contributed by atoms with Crippen LogP contribution in [0.2, 0.25) is 0 Å². The number of likely N-dealkylation sites (tertiary alicyclic amines) is 1. The van der Waals surface area contributed by atoms with Crippen molar-refractivity contribution in [2.45, 2.75) is 48.8 Å². The largest absolute Gasteiger partial charge is 0.493 e. The highest BCUT2D eigenvalue weighted by molar-refractivity contribution is 5.95. The Bertz CT molecular complexity index is 1080. The van der Waals surface area contributed by atoms with E-state index < -0.39 is 23.2 Å². The predicted molar refractivity (Wildman–Crippen MR) is 108 cm³/mol. The van der Waals surface area contributed by atoms with Gasteiger partial charge in [-0.3, -0.25) is 9.59 Å². The molecule has 2 heterocycles. The van der Waals surface area contributed by atoms with Crippen LogP contribution in [-0.4, -0.2) is 53.1 Å². The Morgan fingerprint density at radius 2 is 2.00 bits per heavy atom. The van der Waals surface area contributed by atoms with Gasteiger partial charge in [0.05, 0.1) is 24.2 Å². The number of benzene rings is 2. The van der Waals surface area contributed by atoms with Crippen LogP contribution < -0.4 is 9.47 Å². The number of ether oxygens (including phenoxy) is 2. The summed E-state index contributed by atoms with van der Waals surface area (Å²) in [6, 6.07) is 12.7. The van der Waals surface area contributed by atoms with E-state index in [1.807, 2.05) is 47.4 Å². The Morgan fingerprint density at radius 3 is 2.77 bits per heavy atom. The molecule has 1 N–H and O–H groups in total. The topological polar surface area (TPSA) is 76.1 Å². The molecule has 6 rings (SSSR count). The second kappa shape index (κ2) is 5.85. The van der Waals surface area contributed by atoms with Crippen LogP contribution in [0.4, 0.5) is 0 Å². The number of aliphatic hydroxyl groups is 1. The second-order valence-electron chi connectivity index (χ2n) is 8.83. The summed E-state index contributed by atoms with van der Waals surface area (Å²) in [5, 5.41) is 12.2. The maximum atomic E-state index is 13.4. The molecule has 2 aliphatic carbocycles. The molecule has 1 saturated carbocycles. The molecule has 6 nitrogen and oxygen atoms in total. The minimum absolute atomic E-state index is 0.0207. The Kier molecular flexibility index (Phi) is 3.50. The number of hydrogen-bond donors (Lipinski definition) is 1. The van der Waals surface area contributed by atoms with E-state index in [2.05, 4.69) is 0 Å². The third-order valence-electron chi connectivity index (χ3n) is 7.74. The number of rotatable bonds is 2. The first-order valence-corrected chi connectivity index (χ1v) is 10.5. The van der Waals surface area contributed by atoms with E-state index in [-0.39, 0.29) is 18.1 Å². The van der Waals surface area contributed by atoms with Crippen molar-refractivity contribution >= 4 is 11.7 Å². The molecular formula is C24H23NO5. The summed E-state index contributed by atoms with van der Waals surface area (Å²) < 4.78 is 11.7. The first-order valence-electron chi connectivity index (χ1n) is 10.5. The lowest BCUT2D eigenvalue weighted by Gasteiger charge is -2.62. The normalized spacial score (nSPS) is 33.0. The van der Waals surface area contributed by atoms with Crippen LogP contribution in [-0.2, 0) is 16.6 Å². The number of ketones is 1. The van der Waals surface area contributed by atoms with Crippen molar-refractivity contribution in [3.05, 3.63) is 59.2 Å². The molecule has 6 heteroatoms. The van der Waals surface area contributed by atoms with Crippen molar-refractivity contribution in [2.24, 2.45) is 0 Å². The zero-order valence-electron chi connectivity index (χ0n) is 16.8. The molecule has 0 aromatic heterocycles. The number of hydrogen-bond acceptors (Lipinski definition) is 5. The molecule has 4 atom stereocenters. The highest BCUT2D eigenvalue weighted by atomic mass is 16.5. The molecule has 4 aliphatic rings. The Hall–Kier alpha value is -2.86. The van der Waals surface area contributed by atoms with Crippen molar-refractivity contribution in [2.75, 3.05) is 13.7 Å². The third kappa shape index (κ3) is 1.93. The smallest absolute Gasteiger partial charge is 0.254 e. The number of methoxy groups -OCH3 is 1. The number of piperidine rings is 1. The number of Topliss-reactive ketones (excluding diaryl/α,β-unsaturated/α-hetero) is 1. The van der Waals surface area contributed by atoms with E-state index in [4.69, 9.17) is 9.47 Å². The van der Waals surface area contributed by atoms with Gasteiger partial charge in [0.15, 0.2) is 23.4 Å². The molecule has 1 saturated heterocycles. The zero-order chi connectivity index (χ0) is 20.7. The maximum absolute atomic E-state index is 13.4. The summed E-state index contributed by atoms with van der Waals surface area (Å²) in [5.41, 5.74) is 0.537. The first-order chi connectivity index (χ1) is 14.5. The van der Waals surface area contributed by atoms with Gasteiger partial charge in [-0.2, -0.15) is 0 Å². The third-order valence-corrected chi connectivity index (χ3v) is 7.74. The van der Waals surface area contributed by atoms with Gasteiger partial charge in [0.1, 0.15) is 0 Å². The van der Waals surface area contributed by atoms with Gasteiger partial charge in [0, 0.05) is 24.1 Å². The Labute approximate surface area is 174 Å². The highest BCUT2D eigenvalue weighted by Crippen LogP contribution is 2.64. The van der Waals surface area contributed by atoms with Gasteiger partial charge in [-0.05, 0) is 43.0 Å². The van der Waals surface area contributed by atoms with E-state index >= 15 is 0 Å². The fourth-order valence-corrected chi connectivity index (χ4v) is 6.47. The maximum Gasteiger partial charge on any atom is 0.254 e. The molecule has 2 aromatic rings. The van der Waals surface area contributed by atoms with Gasteiger partial charge in [-0.25, -0.2) is 0 Å². The minimum atomic E-state index is -1.21. The van der Waals surface area contributed by atoms with Crippen LogP contribution in [0.1, 0.15) is 40.7 Å². The summed E-state index contributed by atoms with van der Waals surface area (Å²) in [6.45, 7) is 0.476. The molecule has 2 fully saturated rings. The van der Waals surface area contributed by atoms with Crippen LogP contribution in [0, 0.1) is 0 Å². The standard InChI is InChI=1S/C24H23NO5/c1-29-17-8-7-15-13-18-24(28)10-9-16(26)21-23(24,19(15)20(17)30-21)11-12-25(18)22(27)14-5-3-2-4-6-14/h2-8,18,21,28H,9-13H2,1H3/t18-,21?,23?,24-/m0/s1. The van der Waals surface area contributed by atoms with Crippen molar-refractivity contribution in [1.29, 1.82) is 0 Å². The fraction of sp³-hybridized carbons (Fsp3) is 0.417. The van der Waals surface area contributed by atoms with Gasteiger partial charge in [0.2, 0.25) is 0 Å². The van der Waals surface area contributed by atoms with Crippen LogP contribution in [0.3, 0.4) is 0 Å². The Balaban J connectivity index is 1.54. The molecule has 0 radical (unpaired) electrons. The van der Waals surface area contributed by atoms with Gasteiger partial charge < -0.3 is 19.5 Å². The summed E-state index contributed by atoms with van der Waals surface area (Å²) in [4.78, 5) is 28.1. The summed E-state index contributed by atoms with van der Waals surface area (Å²) in [5.74, 6) is 1.13. The van der Waals surface area contributed by atoms with Gasteiger partial charge in [-0.1, -0.05) is 24.3 Å². The summed E-state index contributed by atoms with van der Waals surface area (Å²) >= 11 is 0. The summed E-state index contributed by atoms with van der Waals surface area (Å²) in [7, 11) is 1.59. The molecule has 2 aromatic carbocycles. The van der Waals surface area contributed by atoms with E-state index in [0.717, 1.165) is 11.1 Å². The van der Waals surface area contributed by atoms with Crippen molar-refractivity contribution < 1.29 is 24.2 Å². The fourth-order valence-electron chi connectivity index (χ4n) is 6.47. The number of carbonyl (C=O) groups excluding carboxylic acids is 2. The van der Waals surface area contributed by atoms with E-state index in [1.54, 1.807) is 7.11 Å². The average Bonchev–Trinajstić information content (AvgIpc) is 3.12. The lowest BCUT2D eigenvalue weighted by atomic mass is 9.49. The van der Waals surface area contributed by atoms with Crippen LogP contribution in [0.5, 0.6) is 11.5 Å². The molecular weight excluding hydrogens is 382 g/mol. The average molecular weight is 405 g/mol. The number of amides is 1. The number of carbonyl (C=O) groups is 2. The molecule has 2 unspecified atom stereocenters. The number of nitrogens with zero attached hydrogens (tertiary/aromatic N) is 1. The minimum Gasteiger partial charge on any atom is -0.493 e. The molecule has 1 spiro atoms. The first kappa shape index (κ1) is 18.0. The SMILES string of the molecule is COc1ccc2c3c1OC1C(=O)CC[C@]4(O)[C@H](C2)N(C(=O)c2ccccc2)CCC314. The van der Waals surface area contributed by atoms with E-state index in [0.29, 0.717) is 42.9 Å². The van der Waals surface area contributed by atoms with Crippen molar-refractivity contribution in [1.82, 2.24) is 4.90 Å². The predicted octanol–water partition coefficient (Wildman–Crippen LogP) is 2.26. The van der Waals surface area contributed by atoms with Gasteiger partial charge in [0.25, 0.3) is 5.91 Å². The Morgan fingerprint density at radius 1 is 1.20 bits per heavy atom. The molecule has 154 valence electrons. The second-order valence-corrected chi connectivity index (χ2v) is 8.83. The van der Waals surface area contributed by atoms with Crippen molar-refractivity contribution in [3.8, 4) is 11.5 Å². The van der Waals surface area contributed by atoms with Crippen LogP contribution in [0.15, 0.2) is 42.5 Å². The lowest BCUT2D eigenvalue weighted by Crippen LogP contribution is -2.77. The van der Waals surface area contributed by atoms with Gasteiger partial charge in [-0.15, -0.1) is 0 Å². The molecule has 30 heavy (non-hydrogen) atoms. The van der Waals surface area contributed by atoms with E-state index in [1.165, 1.54) is 0 Å². The van der Waals surface area contributed by atoms with Crippen LogP contribution >= 0.6 is 0 Å². The molecule has 1 amide bonds. The van der Waals surface area contributed by atoms with E-state index in [9.17, 15) is 14.7 Å². The summed E-state index contributed by atoms with van der Waals surface area (Å²) in [6.07, 6.45) is 0.886. The molecule has 2 bridgehead atoms. The highest BCUT2D eigenvalue weighted by Gasteiger charge is 2.73. The molecule has 2 aliphatic heterocycles. The monoisotopic (exact) mass is 405 g/mol. The zero-order valence-corrected chi connectivity index (χ0v) is 16.8. The quantitative estimate of drug-likeness (QED) is 0.830. The van der Waals surface area contributed by atoms with Crippen LogP contribution in [0.25, 0.3) is 0 Å². The van der Waals surface area contributed by atoms with Gasteiger partial charge >= 0.3 is 0 Å². The van der Waals surface area contributed by atoms with Crippen molar-refractivity contribution in [3.63, 3.8) is 0 Å².